The minimum Gasteiger partial charge on any atom is -0.418 e. The molecule has 1 aromatic heterocycles. The summed E-state index contributed by atoms with van der Waals surface area (Å²) in [5, 5.41) is 0. The molecular formula is C13H25BF4N2. The van der Waals surface area contributed by atoms with Crippen molar-refractivity contribution in [2.75, 3.05) is 0 Å². The van der Waals surface area contributed by atoms with Crippen LogP contribution in [0.4, 0.5) is 17.3 Å². The summed E-state index contributed by atoms with van der Waals surface area (Å²) < 4.78 is 43.7. The fourth-order valence-electron chi connectivity index (χ4n) is 1.99. The second-order valence-corrected chi connectivity index (χ2v) is 6.86. The Morgan fingerprint density at radius 2 is 1.30 bits per heavy atom. The molecule has 7 heteroatoms. The molecule has 0 spiro atoms. The van der Waals surface area contributed by atoms with Gasteiger partial charge in [0.25, 0.3) is 0 Å². The first-order chi connectivity index (χ1) is 8.55. The van der Waals surface area contributed by atoms with Crippen molar-refractivity contribution in [1.82, 2.24) is 4.57 Å². The zero-order chi connectivity index (χ0) is 16.5. The SMILES string of the molecule is Cc1c(C)[n+](C(C)(C)C)cn1C(C)(C)C.F[B-](F)(F)F. The third-order valence-corrected chi connectivity index (χ3v) is 2.92. The monoisotopic (exact) mass is 296 g/mol. The number of imidazole rings is 1. The summed E-state index contributed by atoms with van der Waals surface area (Å²) in [5.74, 6) is 0. The number of aromatic nitrogens is 2. The molecule has 0 amide bonds. The summed E-state index contributed by atoms with van der Waals surface area (Å²) in [6.45, 7) is 17.8. The molecule has 20 heavy (non-hydrogen) atoms. The molecule has 0 aromatic carbocycles. The second-order valence-electron chi connectivity index (χ2n) is 6.86. The Morgan fingerprint density at radius 1 is 0.950 bits per heavy atom. The molecule has 1 aromatic rings. The van der Waals surface area contributed by atoms with Crippen LogP contribution in [0.5, 0.6) is 0 Å². The Bertz CT molecular complexity index is 410. The normalized spacial score (nSPS) is 13.0. The first-order valence-electron chi connectivity index (χ1n) is 6.53. The molecule has 1 rings (SSSR count). The predicted octanol–water partition coefficient (Wildman–Crippen LogP) is 4.20. The van der Waals surface area contributed by atoms with Gasteiger partial charge in [-0.05, 0) is 41.5 Å². The lowest BCUT2D eigenvalue weighted by atomic mass is 10.1. The minimum absolute atomic E-state index is 0.158. The van der Waals surface area contributed by atoms with E-state index < -0.39 is 7.25 Å². The Kier molecular flexibility index (Phi) is 5.49. The third kappa shape index (κ3) is 5.97. The number of hydrogen-bond acceptors (Lipinski definition) is 0. The van der Waals surface area contributed by atoms with E-state index in [1.807, 2.05) is 0 Å². The molecule has 0 saturated heterocycles. The lowest BCUT2D eigenvalue weighted by Crippen LogP contribution is -2.51. The Morgan fingerprint density at radius 3 is 1.45 bits per heavy atom. The van der Waals surface area contributed by atoms with E-state index in [0.29, 0.717) is 0 Å². The highest BCUT2D eigenvalue weighted by atomic mass is 19.5. The quantitative estimate of drug-likeness (QED) is 0.385. The Labute approximate surface area is 118 Å². The van der Waals surface area contributed by atoms with Gasteiger partial charge in [-0.25, -0.2) is 9.13 Å². The van der Waals surface area contributed by atoms with Crippen LogP contribution in [-0.2, 0) is 11.1 Å². The first-order valence-corrected chi connectivity index (χ1v) is 6.53. The molecular weight excluding hydrogens is 271 g/mol. The average molecular weight is 296 g/mol. The van der Waals surface area contributed by atoms with Crippen LogP contribution in [0.3, 0.4) is 0 Å². The van der Waals surface area contributed by atoms with Crippen molar-refractivity contribution in [1.29, 1.82) is 0 Å². The van der Waals surface area contributed by atoms with Gasteiger partial charge in [-0.2, -0.15) is 0 Å². The molecule has 0 aliphatic carbocycles. The molecule has 0 saturated carbocycles. The number of rotatable bonds is 0. The minimum atomic E-state index is -6.00. The van der Waals surface area contributed by atoms with Gasteiger partial charge in [0.2, 0.25) is 6.33 Å². The number of hydrogen-bond donors (Lipinski definition) is 0. The maximum Gasteiger partial charge on any atom is 0.673 e. The molecule has 0 N–H and O–H groups in total. The van der Waals surface area contributed by atoms with E-state index in [9.17, 15) is 17.3 Å². The van der Waals surface area contributed by atoms with Gasteiger partial charge in [0.05, 0.1) is 0 Å². The van der Waals surface area contributed by atoms with Gasteiger partial charge in [-0.15, -0.1) is 0 Å². The van der Waals surface area contributed by atoms with E-state index in [2.05, 4.69) is 70.9 Å². The van der Waals surface area contributed by atoms with Crippen LogP contribution in [-0.4, -0.2) is 11.8 Å². The second kappa shape index (κ2) is 5.78. The van der Waals surface area contributed by atoms with Crippen molar-refractivity contribution >= 4 is 7.25 Å². The molecule has 0 unspecified atom stereocenters. The largest absolute Gasteiger partial charge is 0.673 e. The number of nitrogens with zero attached hydrogens (tertiary/aromatic N) is 2. The van der Waals surface area contributed by atoms with Gasteiger partial charge in [-0.3, -0.25) is 0 Å². The van der Waals surface area contributed by atoms with Crippen LogP contribution < -0.4 is 4.57 Å². The summed E-state index contributed by atoms with van der Waals surface area (Å²) in [4.78, 5) is 0. The molecule has 0 aliphatic heterocycles. The van der Waals surface area contributed by atoms with Crippen molar-refractivity contribution < 1.29 is 21.8 Å². The summed E-state index contributed by atoms with van der Waals surface area (Å²) in [5.41, 5.74) is 3.03. The highest BCUT2D eigenvalue weighted by molar-refractivity contribution is 6.50. The highest BCUT2D eigenvalue weighted by Gasteiger charge is 2.30. The average Bonchev–Trinajstić information content (AvgIpc) is 2.38. The molecule has 0 bridgehead atoms. The zero-order valence-corrected chi connectivity index (χ0v) is 13.6. The van der Waals surface area contributed by atoms with Gasteiger partial charge in [0.15, 0.2) is 0 Å². The third-order valence-electron chi connectivity index (χ3n) is 2.92. The highest BCUT2D eigenvalue weighted by Crippen LogP contribution is 2.19. The van der Waals surface area contributed by atoms with Gasteiger partial charge >= 0.3 is 7.25 Å². The molecule has 1 heterocycles. The Balaban J connectivity index is 0.000000621. The first kappa shape index (κ1) is 19.0. The van der Waals surface area contributed by atoms with Crippen LogP contribution in [0.25, 0.3) is 0 Å². The van der Waals surface area contributed by atoms with Crippen LogP contribution in [0.1, 0.15) is 52.9 Å². The van der Waals surface area contributed by atoms with Crippen molar-refractivity contribution in [2.24, 2.45) is 0 Å². The molecule has 118 valence electrons. The fraction of sp³-hybridized carbons (Fsp3) is 0.769. The van der Waals surface area contributed by atoms with E-state index in [1.54, 1.807) is 0 Å². The molecule has 0 fully saturated rings. The van der Waals surface area contributed by atoms with Crippen molar-refractivity contribution in [3.63, 3.8) is 0 Å². The summed E-state index contributed by atoms with van der Waals surface area (Å²) in [6.07, 6.45) is 2.24. The van der Waals surface area contributed by atoms with E-state index in [4.69, 9.17) is 0 Å². The molecule has 0 atom stereocenters. The van der Waals surface area contributed by atoms with Crippen LogP contribution in [0, 0.1) is 13.8 Å². The topological polar surface area (TPSA) is 8.81 Å². The van der Waals surface area contributed by atoms with E-state index in [0.717, 1.165) is 0 Å². The van der Waals surface area contributed by atoms with Crippen molar-refractivity contribution in [3.05, 3.63) is 17.7 Å². The zero-order valence-electron chi connectivity index (χ0n) is 13.6. The molecule has 0 aliphatic rings. The lowest BCUT2D eigenvalue weighted by Gasteiger charge is -2.17. The van der Waals surface area contributed by atoms with Crippen LogP contribution >= 0.6 is 0 Å². The fourth-order valence-corrected chi connectivity index (χ4v) is 1.99. The summed E-state index contributed by atoms with van der Waals surface area (Å²) in [6, 6.07) is 0. The molecule has 2 nitrogen and oxygen atoms in total. The Hall–Kier alpha value is -1.01. The smallest absolute Gasteiger partial charge is 0.418 e. The van der Waals surface area contributed by atoms with Gasteiger partial charge < -0.3 is 17.3 Å². The van der Waals surface area contributed by atoms with Crippen LogP contribution in [0.15, 0.2) is 6.33 Å². The van der Waals surface area contributed by atoms with E-state index in [-0.39, 0.29) is 11.1 Å². The van der Waals surface area contributed by atoms with Crippen LogP contribution in [0.2, 0.25) is 0 Å². The predicted molar refractivity (Wildman–Crippen MR) is 74.3 cm³/mol. The van der Waals surface area contributed by atoms with Crippen molar-refractivity contribution in [3.8, 4) is 0 Å². The maximum atomic E-state index is 9.75. The summed E-state index contributed by atoms with van der Waals surface area (Å²) in [7, 11) is -6.00. The standard InChI is InChI=1S/C13H25N2.BF4/c1-10-11(2)15(13(6,7)8)9-14(10)12(3,4)5;2-1(3,4)5/h9H,1-8H3;/q+1;-1. The lowest BCUT2D eigenvalue weighted by molar-refractivity contribution is -0.758. The van der Waals surface area contributed by atoms with Gasteiger partial charge in [-0.1, -0.05) is 0 Å². The summed E-state index contributed by atoms with van der Waals surface area (Å²) >= 11 is 0. The van der Waals surface area contributed by atoms with E-state index in [1.165, 1.54) is 11.4 Å². The number of halogens is 4. The van der Waals surface area contributed by atoms with Gasteiger partial charge in [0.1, 0.15) is 22.5 Å². The molecule has 0 radical (unpaired) electrons. The van der Waals surface area contributed by atoms with Crippen molar-refractivity contribution in [2.45, 2.75) is 66.5 Å². The maximum absolute atomic E-state index is 9.75. The van der Waals surface area contributed by atoms with Gasteiger partial charge in [0, 0.05) is 13.8 Å². The van der Waals surface area contributed by atoms with E-state index >= 15 is 0 Å².